The van der Waals surface area contributed by atoms with E-state index in [-0.39, 0.29) is 17.2 Å². The molecule has 0 spiro atoms. The van der Waals surface area contributed by atoms with E-state index in [1.807, 2.05) is 0 Å². The Labute approximate surface area is 152 Å². The van der Waals surface area contributed by atoms with Crippen LogP contribution in [0.2, 0.25) is 0 Å². The summed E-state index contributed by atoms with van der Waals surface area (Å²) in [5.41, 5.74) is -0.230. The highest BCUT2D eigenvalue weighted by Gasteiger charge is 2.30. The van der Waals surface area contributed by atoms with Gasteiger partial charge in [0.15, 0.2) is 0 Å². The van der Waals surface area contributed by atoms with Gasteiger partial charge < -0.3 is 9.64 Å². The van der Waals surface area contributed by atoms with Crippen LogP contribution in [-0.4, -0.2) is 36.8 Å². The van der Waals surface area contributed by atoms with Crippen molar-refractivity contribution in [3.05, 3.63) is 53.7 Å². The Hall–Kier alpha value is -2.55. The number of nitrogens with zero attached hydrogens (tertiary/aromatic N) is 2. The van der Waals surface area contributed by atoms with Crippen molar-refractivity contribution in [3.8, 4) is 0 Å². The molecule has 1 amide bonds. The molecule has 2 aromatic rings. The molecule has 5 nitrogen and oxygen atoms in total. The van der Waals surface area contributed by atoms with Crippen LogP contribution in [-0.2, 0) is 15.7 Å². The lowest BCUT2D eigenvalue weighted by Gasteiger charge is -2.19. The van der Waals surface area contributed by atoms with E-state index in [0.717, 1.165) is 24.0 Å². The number of carbonyl (C=O) groups excluding carboxylic acids is 2. The Morgan fingerprint density at radius 2 is 1.88 bits per heavy atom. The fourth-order valence-corrected chi connectivity index (χ4v) is 2.81. The zero-order chi connectivity index (χ0) is 19.3. The Kier molecular flexibility index (Phi) is 6.25. The predicted molar refractivity (Wildman–Crippen MR) is 91.2 cm³/mol. The number of alkyl halides is 3. The quantitative estimate of drug-likeness (QED) is 0.582. The normalized spacial score (nSPS) is 11.1. The SMILES string of the molecule is COC(=O)c1ccccc1N(C)C(=O)CSc1ccc(C(F)(F)F)cn1. The van der Waals surface area contributed by atoms with Gasteiger partial charge in [-0.05, 0) is 24.3 Å². The summed E-state index contributed by atoms with van der Waals surface area (Å²) >= 11 is 1.01. The summed E-state index contributed by atoms with van der Waals surface area (Å²) in [7, 11) is 2.75. The highest BCUT2D eigenvalue weighted by molar-refractivity contribution is 7.99. The van der Waals surface area contributed by atoms with Crippen LogP contribution in [0.1, 0.15) is 15.9 Å². The van der Waals surface area contributed by atoms with E-state index >= 15 is 0 Å². The number of esters is 1. The lowest BCUT2D eigenvalue weighted by Crippen LogP contribution is -2.29. The minimum atomic E-state index is -4.45. The largest absolute Gasteiger partial charge is 0.465 e. The van der Waals surface area contributed by atoms with Gasteiger partial charge in [0, 0.05) is 13.2 Å². The summed E-state index contributed by atoms with van der Waals surface area (Å²) in [4.78, 5) is 29.1. The number of benzene rings is 1. The third-order valence-corrected chi connectivity index (χ3v) is 4.38. The summed E-state index contributed by atoms with van der Waals surface area (Å²) in [6.07, 6.45) is -3.73. The first kappa shape index (κ1) is 19.8. The van der Waals surface area contributed by atoms with E-state index in [4.69, 9.17) is 4.74 Å². The molecule has 9 heteroatoms. The fraction of sp³-hybridized carbons (Fsp3) is 0.235. The van der Waals surface area contributed by atoms with Gasteiger partial charge in [0.05, 0.1) is 34.7 Å². The number of methoxy groups -OCH3 is 1. The zero-order valence-electron chi connectivity index (χ0n) is 13.9. The summed E-state index contributed by atoms with van der Waals surface area (Å²) in [6, 6.07) is 8.59. The van der Waals surface area contributed by atoms with Gasteiger partial charge >= 0.3 is 12.1 Å². The molecule has 1 aromatic carbocycles. The van der Waals surface area contributed by atoms with Crippen molar-refractivity contribution in [2.75, 3.05) is 24.8 Å². The molecule has 0 saturated carbocycles. The zero-order valence-corrected chi connectivity index (χ0v) is 14.7. The number of hydrogen-bond donors (Lipinski definition) is 0. The van der Waals surface area contributed by atoms with E-state index in [0.29, 0.717) is 10.7 Å². The second-order valence-corrected chi connectivity index (χ2v) is 6.13. The first-order chi connectivity index (χ1) is 12.2. The Bertz CT molecular complexity index is 795. The first-order valence-corrected chi connectivity index (χ1v) is 8.32. The summed E-state index contributed by atoms with van der Waals surface area (Å²) in [5.74, 6) is -0.963. The highest BCUT2D eigenvalue weighted by Crippen LogP contribution is 2.29. The van der Waals surface area contributed by atoms with Gasteiger partial charge in [0.1, 0.15) is 0 Å². The summed E-state index contributed by atoms with van der Waals surface area (Å²) in [6.45, 7) is 0. The number of thioether (sulfide) groups is 1. The maximum atomic E-state index is 12.5. The maximum absolute atomic E-state index is 12.5. The molecule has 0 atom stereocenters. The average molecular weight is 384 g/mol. The Morgan fingerprint density at radius 1 is 1.19 bits per heavy atom. The van der Waals surface area contributed by atoms with Crippen LogP contribution in [0.15, 0.2) is 47.6 Å². The molecule has 0 aliphatic carbocycles. The molecule has 0 aliphatic rings. The molecular formula is C17H15F3N2O3S. The number of hydrogen-bond acceptors (Lipinski definition) is 5. The molecular weight excluding hydrogens is 369 g/mol. The molecule has 0 saturated heterocycles. The van der Waals surface area contributed by atoms with Crippen molar-refractivity contribution in [1.82, 2.24) is 4.98 Å². The smallest absolute Gasteiger partial charge is 0.417 e. The standard InChI is InChI=1S/C17H15F3N2O3S/c1-22(13-6-4-3-5-12(13)16(24)25-2)15(23)10-26-14-8-7-11(9-21-14)17(18,19)20/h3-9H,10H2,1-2H3. The number of amides is 1. The molecule has 1 heterocycles. The van der Waals surface area contributed by atoms with Crippen molar-refractivity contribution in [2.45, 2.75) is 11.2 Å². The number of carbonyl (C=O) groups is 2. The monoisotopic (exact) mass is 384 g/mol. The third-order valence-electron chi connectivity index (χ3n) is 3.45. The number of anilines is 1. The van der Waals surface area contributed by atoms with Crippen LogP contribution in [0, 0.1) is 0 Å². The number of ether oxygens (including phenoxy) is 1. The number of pyridine rings is 1. The molecule has 138 valence electrons. The molecule has 0 unspecified atom stereocenters. The van der Waals surface area contributed by atoms with Gasteiger partial charge in [-0.3, -0.25) is 4.79 Å². The van der Waals surface area contributed by atoms with Crippen LogP contribution < -0.4 is 4.90 Å². The Morgan fingerprint density at radius 3 is 2.46 bits per heavy atom. The minimum absolute atomic E-state index is 0.0512. The molecule has 0 N–H and O–H groups in total. The minimum Gasteiger partial charge on any atom is -0.465 e. The molecule has 0 bridgehead atoms. The van der Waals surface area contributed by atoms with Crippen LogP contribution >= 0.6 is 11.8 Å². The Balaban J connectivity index is 2.05. The molecule has 1 aromatic heterocycles. The fourth-order valence-electron chi connectivity index (χ4n) is 2.05. The lowest BCUT2D eigenvalue weighted by atomic mass is 10.1. The summed E-state index contributed by atoms with van der Waals surface area (Å²) in [5, 5.41) is 0.293. The van der Waals surface area contributed by atoms with Gasteiger partial charge in [0.25, 0.3) is 0 Å². The molecule has 0 aliphatic heterocycles. The van der Waals surface area contributed by atoms with Crippen molar-refractivity contribution in [2.24, 2.45) is 0 Å². The predicted octanol–water partition coefficient (Wildman–Crippen LogP) is 3.64. The molecule has 26 heavy (non-hydrogen) atoms. The van der Waals surface area contributed by atoms with Crippen molar-refractivity contribution in [1.29, 1.82) is 0 Å². The number of rotatable bonds is 5. The van der Waals surface area contributed by atoms with Crippen molar-refractivity contribution >= 4 is 29.3 Å². The average Bonchev–Trinajstić information content (AvgIpc) is 2.64. The topological polar surface area (TPSA) is 59.5 Å². The summed E-state index contributed by atoms with van der Waals surface area (Å²) < 4.78 is 42.2. The van der Waals surface area contributed by atoms with Crippen LogP contribution in [0.4, 0.5) is 18.9 Å². The molecule has 2 rings (SSSR count). The van der Waals surface area contributed by atoms with E-state index in [1.54, 1.807) is 18.2 Å². The van der Waals surface area contributed by atoms with Crippen LogP contribution in [0.3, 0.4) is 0 Å². The first-order valence-electron chi connectivity index (χ1n) is 7.34. The van der Waals surface area contributed by atoms with Gasteiger partial charge in [-0.25, -0.2) is 9.78 Å². The second kappa shape index (κ2) is 8.22. The number of para-hydroxylation sites is 1. The van der Waals surface area contributed by atoms with Gasteiger partial charge in [0.2, 0.25) is 5.91 Å². The van der Waals surface area contributed by atoms with E-state index in [2.05, 4.69) is 4.98 Å². The molecule has 0 fully saturated rings. The number of aromatic nitrogens is 1. The van der Waals surface area contributed by atoms with E-state index in [9.17, 15) is 22.8 Å². The second-order valence-electron chi connectivity index (χ2n) is 5.13. The molecule has 0 radical (unpaired) electrons. The van der Waals surface area contributed by atoms with Crippen LogP contribution in [0.5, 0.6) is 0 Å². The van der Waals surface area contributed by atoms with Gasteiger partial charge in [-0.1, -0.05) is 23.9 Å². The number of halogens is 3. The van der Waals surface area contributed by atoms with Gasteiger partial charge in [-0.15, -0.1) is 0 Å². The van der Waals surface area contributed by atoms with Crippen molar-refractivity contribution in [3.63, 3.8) is 0 Å². The van der Waals surface area contributed by atoms with E-state index < -0.39 is 17.7 Å². The third kappa shape index (κ3) is 4.75. The van der Waals surface area contributed by atoms with Gasteiger partial charge in [-0.2, -0.15) is 13.2 Å². The maximum Gasteiger partial charge on any atom is 0.417 e. The van der Waals surface area contributed by atoms with Crippen molar-refractivity contribution < 1.29 is 27.5 Å². The highest BCUT2D eigenvalue weighted by atomic mass is 32.2. The van der Waals surface area contributed by atoms with Crippen LogP contribution in [0.25, 0.3) is 0 Å². The lowest BCUT2D eigenvalue weighted by molar-refractivity contribution is -0.137. The van der Waals surface area contributed by atoms with E-state index in [1.165, 1.54) is 31.2 Å².